The number of ether oxygens (including phenoxy) is 1. The third-order valence-corrected chi connectivity index (χ3v) is 5.92. The Morgan fingerprint density at radius 2 is 2.12 bits per heavy atom. The van der Waals surface area contributed by atoms with Gasteiger partial charge in [-0.2, -0.15) is 0 Å². The van der Waals surface area contributed by atoms with Gasteiger partial charge in [-0.3, -0.25) is 4.98 Å². The summed E-state index contributed by atoms with van der Waals surface area (Å²) in [5.41, 5.74) is 2.98. The van der Waals surface area contributed by atoms with Crippen LogP contribution in [0.15, 0.2) is 30.5 Å². The van der Waals surface area contributed by atoms with E-state index in [1.165, 1.54) is 0 Å². The Hall–Kier alpha value is -2.14. The predicted molar refractivity (Wildman–Crippen MR) is 103 cm³/mol. The van der Waals surface area contributed by atoms with Crippen LogP contribution in [0.4, 0.5) is 10.5 Å². The van der Waals surface area contributed by atoms with Crippen molar-refractivity contribution in [2.75, 3.05) is 25.1 Å². The number of nitrogens with zero attached hydrogens (tertiary/aromatic N) is 2. The number of nitrogens with one attached hydrogen (secondary N) is 1. The summed E-state index contributed by atoms with van der Waals surface area (Å²) in [7, 11) is 0. The number of carbonyl (C=O) groups is 1. The second-order valence-electron chi connectivity index (χ2n) is 8.11. The van der Waals surface area contributed by atoms with Crippen LogP contribution in [0.2, 0.25) is 0 Å². The van der Waals surface area contributed by atoms with Crippen molar-refractivity contribution in [3.8, 4) is 0 Å². The maximum Gasteiger partial charge on any atom is 0.322 e. The molecule has 0 saturated carbocycles. The van der Waals surface area contributed by atoms with Gasteiger partial charge in [-0.1, -0.05) is 19.9 Å². The maximum absolute atomic E-state index is 13.0. The highest BCUT2D eigenvalue weighted by Gasteiger charge is 2.55. The molecule has 5 nitrogen and oxygen atoms in total. The minimum absolute atomic E-state index is 0.0154. The molecule has 2 saturated heterocycles. The van der Waals surface area contributed by atoms with Crippen LogP contribution in [0.25, 0.3) is 10.9 Å². The summed E-state index contributed by atoms with van der Waals surface area (Å²) in [6.45, 7) is 8.91. The van der Waals surface area contributed by atoms with Crippen molar-refractivity contribution in [3.63, 3.8) is 0 Å². The molecule has 0 radical (unpaired) electrons. The number of urea groups is 1. The molecule has 1 N–H and O–H groups in total. The van der Waals surface area contributed by atoms with Crippen LogP contribution in [0.5, 0.6) is 0 Å². The molecular formula is C21H27N3O2. The van der Waals surface area contributed by atoms with Crippen LogP contribution in [0.1, 0.15) is 32.3 Å². The van der Waals surface area contributed by atoms with Crippen LogP contribution in [0.3, 0.4) is 0 Å². The molecule has 1 aromatic heterocycles. The molecule has 1 atom stereocenters. The fourth-order valence-electron chi connectivity index (χ4n) is 4.87. The summed E-state index contributed by atoms with van der Waals surface area (Å²) >= 11 is 0. The predicted octanol–water partition coefficient (Wildman–Crippen LogP) is 4.21. The zero-order chi connectivity index (χ0) is 18.3. The highest BCUT2D eigenvalue weighted by molar-refractivity contribution is 6.00. The highest BCUT2D eigenvalue weighted by atomic mass is 16.5. The zero-order valence-corrected chi connectivity index (χ0v) is 15.8. The molecule has 26 heavy (non-hydrogen) atoms. The second kappa shape index (κ2) is 6.54. The number of aryl methyl sites for hydroxylation is 1. The number of pyridine rings is 1. The SMILES string of the molecule is Cc1cc(NC(=O)N2CC3(CCOCC3)C2C(C)C)c2ncccc2c1. The van der Waals surface area contributed by atoms with Gasteiger partial charge in [-0.25, -0.2) is 4.79 Å². The molecule has 3 heterocycles. The van der Waals surface area contributed by atoms with Gasteiger partial charge in [0.2, 0.25) is 0 Å². The van der Waals surface area contributed by atoms with E-state index in [1.54, 1.807) is 6.20 Å². The lowest BCUT2D eigenvalue weighted by molar-refractivity contribution is -0.122. The van der Waals surface area contributed by atoms with E-state index in [1.807, 2.05) is 30.0 Å². The number of anilines is 1. The average molecular weight is 353 g/mol. The molecule has 0 bridgehead atoms. The number of carbonyl (C=O) groups excluding carboxylic acids is 1. The van der Waals surface area contributed by atoms with Gasteiger partial charge in [0.1, 0.15) is 0 Å². The number of rotatable bonds is 2. The average Bonchev–Trinajstić information content (AvgIpc) is 2.60. The molecule has 5 heteroatoms. The minimum atomic E-state index is -0.0154. The molecule has 138 valence electrons. The summed E-state index contributed by atoms with van der Waals surface area (Å²) in [5, 5.41) is 4.18. The Balaban J connectivity index is 1.57. The Morgan fingerprint density at radius 3 is 2.85 bits per heavy atom. The number of hydrogen-bond donors (Lipinski definition) is 1. The van der Waals surface area contributed by atoms with E-state index in [0.29, 0.717) is 5.92 Å². The Bertz CT molecular complexity index is 827. The lowest BCUT2D eigenvalue weighted by Crippen LogP contribution is -2.70. The van der Waals surface area contributed by atoms with Crippen LogP contribution in [-0.4, -0.2) is 41.7 Å². The number of likely N-dealkylation sites (tertiary alicyclic amines) is 1. The summed E-state index contributed by atoms with van der Waals surface area (Å²) in [6.07, 6.45) is 3.87. The summed E-state index contributed by atoms with van der Waals surface area (Å²) in [6, 6.07) is 8.31. The summed E-state index contributed by atoms with van der Waals surface area (Å²) < 4.78 is 5.55. The van der Waals surface area contributed by atoms with Crippen LogP contribution in [-0.2, 0) is 4.74 Å². The number of hydrogen-bond acceptors (Lipinski definition) is 3. The van der Waals surface area contributed by atoms with E-state index < -0.39 is 0 Å². The quantitative estimate of drug-likeness (QED) is 0.880. The Morgan fingerprint density at radius 1 is 1.35 bits per heavy atom. The van der Waals surface area contributed by atoms with E-state index in [0.717, 1.165) is 54.8 Å². The topological polar surface area (TPSA) is 54.5 Å². The molecule has 2 aromatic rings. The number of benzene rings is 1. The summed E-state index contributed by atoms with van der Waals surface area (Å²) in [5.74, 6) is 0.431. The van der Waals surface area contributed by atoms with Gasteiger partial charge < -0.3 is 15.0 Å². The second-order valence-corrected chi connectivity index (χ2v) is 8.11. The standard InChI is InChI=1S/C21H27N3O2/c1-14(2)19-21(6-9-26-10-7-21)13-24(19)20(25)23-17-12-15(3)11-16-5-4-8-22-18(16)17/h4-5,8,11-12,14,19H,6-7,9-10,13H2,1-3H3,(H,23,25). The van der Waals surface area contributed by atoms with E-state index in [2.05, 4.69) is 30.2 Å². The molecule has 1 unspecified atom stereocenters. The largest absolute Gasteiger partial charge is 0.381 e. The van der Waals surface area contributed by atoms with Crippen molar-refractivity contribution in [1.29, 1.82) is 0 Å². The van der Waals surface area contributed by atoms with Crippen molar-refractivity contribution in [2.45, 2.75) is 39.7 Å². The molecule has 2 aliphatic heterocycles. The number of amides is 2. The third-order valence-electron chi connectivity index (χ3n) is 5.92. The van der Waals surface area contributed by atoms with Crippen LogP contribution in [0, 0.1) is 18.3 Å². The van der Waals surface area contributed by atoms with E-state index in [-0.39, 0.29) is 17.5 Å². The van der Waals surface area contributed by atoms with Gasteiger partial charge >= 0.3 is 6.03 Å². The van der Waals surface area contributed by atoms with Gasteiger partial charge in [-0.05, 0) is 49.4 Å². The molecule has 1 spiro atoms. The van der Waals surface area contributed by atoms with Gasteiger partial charge in [0.25, 0.3) is 0 Å². The third kappa shape index (κ3) is 2.84. The van der Waals surface area contributed by atoms with E-state index in [9.17, 15) is 4.79 Å². The smallest absolute Gasteiger partial charge is 0.322 e. The minimum Gasteiger partial charge on any atom is -0.381 e. The molecule has 2 fully saturated rings. The first-order valence-electron chi connectivity index (χ1n) is 9.51. The van der Waals surface area contributed by atoms with E-state index >= 15 is 0 Å². The van der Waals surface area contributed by atoms with Crippen molar-refractivity contribution < 1.29 is 9.53 Å². The Labute approximate surface area is 154 Å². The van der Waals surface area contributed by atoms with Crippen molar-refractivity contribution in [2.24, 2.45) is 11.3 Å². The van der Waals surface area contributed by atoms with E-state index in [4.69, 9.17) is 4.74 Å². The maximum atomic E-state index is 13.0. The fraction of sp³-hybridized carbons (Fsp3) is 0.524. The Kier molecular flexibility index (Phi) is 4.35. The lowest BCUT2D eigenvalue weighted by atomic mass is 9.63. The van der Waals surface area contributed by atoms with Gasteiger partial charge in [-0.15, -0.1) is 0 Å². The summed E-state index contributed by atoms with van der Waals surface area (Å²) in [4.78, 5) is 19.5. The number of fused-ring (bicyclic) bond motifs is 1. The van der Waals surface area contributed by atoms with Crippen molar-refractivity contribution in [3.05, 3.63) is 36.0 Å². The number of aromatic nitrogens is 1. The first-order chi connectivity index (χ1) is 12.5. The lowest BCUT2D eigenvalue weighted by Gasteiger charge is -2.60. The molecule has 1 aromatic carbocycles. The van der Waals surface area contributed by atoms with Crippen LogP contribution >= 0.6 is 0 Å². The van der Waals surface area contributed by atoms with Gasteiger partial charge in [0, 0.05) is 42.8 Å². The molecule has 4 rings (SSSR count). The molecule has 2 aliphatic rings. The zero-order valence-electron chi connectivity index (χ0n) is 15.8. The molecule has 2 amide bonds. The fourth-order valence-corrected chi connectivity index (χ4v) is 4.87. The van der Waals surface area contributed by atoms with Crippen molar-refractivity contribution >= 4 is 22.6 Å². The van der Waals surface area contributed by atoms with Crippen molar-refractivity contribution in [1.82, 2.24) is 9.88 Å². The normalized spacial score (nSPS) is 21.8. The monoisotopic (exact) mass is 353 g/mol. The highest BCUT2D eigenvalue weighted by Crippen LogP contribution is 2.49. The first-order valence-corrected chi connectivity index (χ1v) is 9.51. The van der Waals surface area contributed by atoms with Crippen LogP contribution < -0.4 is 5.32 Å². The molecule has 0 aliphatic carbocycles. The van der Waals surface area contributed by atoms with Gasteiger partial charge in [0.15, 0.2) is 0 Å². The first kappa shape index (κ1) is 17.3. The van der Waals surface area contributed by atoms with Gasteiger partial charge in [0.05, 0.1) is 11.2 Å². The molecular weight excluding hydrogens is 326 g/mol.